The Morgan fingerprint density at radius 1 is 1.39 bits per heavy atom. The van der Waals surface area contributed by atoms with Crippen LogP contribution < -0.4 is 5.32 Å². The molecule has 0 spiro atoms. The number of rotatable bonds is 2. The molecule has 1 aromatic heterocycles. The number of nitrogens with one attached hydrogen (secondary N) is 1. The van der Waals surface area contributed by atoms with Crippen molar-refractivity contribution < 1.29 is 0 Å². The van der Waals surface area contributed by atoms with Gasteiger partial charge in [-0.15, -0.1) is 0 Å². The molecule has 4 heteroatoms. The lowest BCUT2D eigenvalue weighted by Crippen LogP contribution is -2.17. The molecule has 2 aromatic rings. The third-order valence-electron chi connectivity index (χ3n) is 3.47. The van der Waals surface area contributed by atoms with E-state index in [0.29, 0.717) is 5.92 Å². The number of aryl methyl sites for hydroxylation is 1. The summed E-state index contributed by atoms with van der Waals surface area (Å²) in [5.74, 6) is 1.45. The quantitative estimate of drug-likeness (QED) is 0.918. The molecule has 0 saturated heterocycles. The first-order chi connectivity index (χ1) is 8.75. The van der Waals surface area contributed by atoms with Gasteiger partial charge in [0.1, 0.15) is 5.82 Å². The number of hydrogen-bond donors (Lipinski definition) is 1. The topological polar surface area (TPSA) is 29.9 Å². The van der Waals surface area contributed by atoms with Crippen molar-refractivity contribution in [3.63, 3.8) is 0 Å². The maximum absolute atomic E-state index is 4.70. The van der Waals surface area contributed by atoms with Crippen molar-refractivity contribution in [1.29, 1.82) is 0 Å². The molecule has 1 aliphatic rings. The van der Waals surface area contributed by atoms with Crippen molar-refractivity contribution in [2.75, 3.05) is 11.9 Å². The number of fused-ring (bicyclic) bond motifs is 1. The van der Waals surface area contributed by atoms with Crippen molar-refractivity contribution in [2.24, 2.45) is 0 Å². The molecule has 94 valence electrons. The first-order valence-corrected chi connectivity index (χ1v) is 7.11. The van der Waals surface area contributed by atoms with Crippen LogP contribution in [0.15, 0.2) is 34.8 Å². The fourth-order valence-corrected chi connectivity index (χ4v) is 3.02. The average Bonchev–Trinajstić information content (AvgIpc) is 2.82. The lowest BCUT2D eigenvalue weighted by molar-refractivity contribution is 0.559. The highest BCUT2D eigenvalue weighted by atomic mass is 79.9. The second-order valence-corrected chi connectivity index (χ2v) is 5.56. The van der Waals surface area contributed by atoms with E-state index in [1.54, 1.807) is 0 Å². The van der Waals surface area contributed by atoms with Crippen LogP contribution >= 0.6 is 15.9 Å². The van der Waals surface area contributed by atoms with E-state index in [4.69, 9.17) is 5.10 Å². The highest BCUT2D eigenvalue weighted by Gasteiger charge is 2.18. The SMILES string of the molecule is CC(c1cc2n(n1)CCCN2)c1ccccc1Br. The van der Waals surface area contributed by atoms with Gasteiger partial charge in [0.25, 0.3) is 0 Å². The molecule has 3 rings (SSSR count). The summed E-state index contributed by atoms with van der Waals surface area (Å²) in [6.45, 7) is 4.27. The van der Waals surface area contributed by atoms with Crippen LogP contribution in [0.4, 0.5) is 5.82 Å². The van der Waals surface area contributed by atoms with Gasteiger partial charge in [0.2, 0.25) is 0 Å². The minimum atomic E-state index is 0.306. The lowest BCUT2D eigenvalue weighted by Gasteiger charge is -2.14. The van der Waals surface area contributed by atoms with Crippen LogP contribution in [0.5, 0.6) is 0 Å². The second-order valence-electron chi connectivity index (χ2n) is 4.70. The van der Waals surface area contributed by atoms with E-state index >= 15 is 0 Å². The fraction of sp³-hybridized carbons (Fsp3) is 0.357. The van der Waals surface area contributed by atoms with Crippen LogP contribution in [0.1, 0.15) is 30.5 Å². The maximum atomic E-state index is 4.70. The molecule has 3 nitrogen and oxygen atoms in total. The third kappa shape index (κ3) is 2.05. The van der Waals surface area contributed by atoms with Gasteiger partial charge in [0.15, 0.2) is 0 Å². The Morgan fingerprint density at radius 3 is 3.00 bits per heavy atom. The molecular formula is C14H16BrN3. The molecule has 0 aliphatic carbocycles. The number of halogens is 1. The van der Waals surface area contributed by atoms with Gasteiger partial charge in [-0.1, -0.05) is 41.1 Å². The molecule has 1 aromatic carbocycles. The second kappa shape index (κ2) is 4.76. The predicted molar refractivity (Wildman–Crippen MR) is 77.0 cm³/mol. The number of aromatic nitrogens is 2. The zero-order chi connectivity index (χ0) is 12.5. The fourth-order valence-electron chi connectivity index (χ4n) is 2.39. The molecule has 1 aliphatic heterocycles. The Kier molecular flexibility index (Phi) is 3.12. The number of nitrogens with zero attached hydrogens (tertiary/aromatic N) is 2. The van der Waals surface area contributed by atoms with Crippen LogP contribution in [-0.4, -0.2) is 16.3 Å². The lowest BCUT2D eigenvalue weighted by atomic mass is 9.98. The largest absolute Gasteiger partial charge is 0.370 e. The minimum Gasteiger partial charge on any atom is -0.370 e. The Balaban J connectivity index is 1.95. The van der Waals surface area contributed by atoms with E-state index < -0.39 is 0 Å². The van der Waals surface area contributed by atoms with E-state index in [1.165, 1.54) is 5.56 Å². The third-order valence-corrected chi connectivity index (χ3v) is 4.19. The number of anilines is 1. The van der Waals surface area contributed by atoms with Gasteiger partial charge in [-0.05, 0) is 18.1 Å². The Labute approximate surface area is 115 Å². The van der Waals surface area contributed by atoms with E-state index in [0.717, 1.165) is 35.5 Å². The summed E-state index contributed by atoms with van der Waals surface area (Å²) < 4.78 is 3.23. The maximum Gasteiger partial charge on any atom is 0.124 e. The zero-order valence-corrected chi connectivity index (χ0v) is 11.9. The first kappa shape index (κ1) is 11.8. The predicted octanol–water partition coefficient (Wildman–Crippen LogP) is 3.61. The van der Waals surface area contributed by atoms with Crippen molar-refractivity contribution in [3.8, 4) is 0 Å². The molecule has 0 saturated carbocycles. The Hall–Kier alpha value is -1.29. The van der Waals surface area contributed by atoms with Gasteiger partial charge in [-0.3, -0.25) is 0 Å². The molecule has 2 heterocycles. The summed E-state index contributed by atoms with van der Waals surface area (Å²) in [6, 6.07) is 10.5. The summed E-state index contributed by atoms with van der Waals surface area (Å²) in [6.07, 6.45) is 1.15. The van der Waals surface area contributed by atoms with Crippen molar-refractivity contribution >= 4 is 21.7 Å². The summed E-state index contributed by atoms with van der Waals surface area (Å²) >= 11 is 3.62. The molecule has 0 bridgehead atoms. The van der Waals surface area contributed by atoms with Crippen molar-refractivity contribution in [2.45, 2.75) is 25.8 Å². The standard InChI is InChI=1S/C14H16BrN3/c1-10(11-5-2-3-6-12(11)15)13-9-14-16-7-4-8-18(14)17-13/h2-3,5-6,9-10,16H,4,7-8H2,1H3. The zero-order valence-electron chi connectivity index (χ0n) is 10.4. The highest BCUT2D eigenvalue weighted by molar-refractivity contribution is 9.10. The monoisotopic (exact) mass is 305 g/mol. The molecule has 1 atom stereocenters. The summed E-state index contributed by atoms with van der Waals surface area (Å²) in [7, 11) is 0. The Morgan fingerprint density at radius 2 is 2.22 bits per heavy atom. The first-order valence-electron chi connectivity index (χ1n) is 6.32. The number of hydrogen-bond acceptors (Lipinski definition) is 2. The van der Waals surface area contributed by atoms with Gasteiger partial charge in [-0.25, -0.2) is 4.68 Å². The van der Waals surface area contributed by atoms with E-state index in [1.807, 2.05) is 6.07 Å². The van der Waals surface area contributed by atoms with Crippen LogP contribution in [0, 0.1) is 0 Å². The van der Waals surface area contributed by atoms with Crippen LogP contribution in [0.25, 0.3) is 0 Å². The Bertz CT molecular complexity index is 538. The highest BCUT2D eigenvalue weighted by Crippen LogP contribution is 2.31. The van der Waals surface area contributed by atoms with Gasteiger partial charge in [0, 0.05) is 29.5 Å². The van der Waals surface area contributed by atoms with Gasteiger partial charge in [0.05, 0.1) is 5.69 Å². The molecule has 1 N–H and O–H groups in total. The summed E-state index contributed by atoms with van der Waals surface area (Å²) in [5, 5.41) is 8.09. The van der Waals surface area contributed by atoms with Gasteiger partial charge >= 0.3 is 0 Å². The summed E-state index contributed by atoms with van der Waals surface area (Å²) in [5.41, 5.74) is 2.42. The van der Waals surface area contributed by atoms with Crippen LogP contribution in [-0.2, 0) is 6.54 Å². The molecular weight excluding hydrogens is 290 g/mol. The van der Waals surface area contributed by atoms with Gasteiger partial charge in [-0.2, -0.15) is 5.10 Å². The normalized spacial score (nSPS) is 15.9. The smallest absolute Gasteiger partial charge is 0.124 e. The molecule has 0 amide bonds. The van der Waals surface area contributed by atoms with Crippen LogP contribution in [0.2, 0.25) is 0 Å². The molecule has 0 fully saturated rings. The van der Waals surface area contributed by atoms with Crippen molar-refractivity contribution in [3.05, 3.63) is 46.1 Å². The van der Waals surface area contributed by atoms with E-state index in [9.17, 15) is 0 Å². The van der Waals surface area contributed by atoms with Gasteiger partial charge < -0.3 is 5.32 Å². The number of benzene rings is 1. The van der Waals surface area contributed by atoms with E-state index in [-0.39, 0.29) is 0 Å². The average molecular weight is 306 g/mol. The van der Waals surface area contributed by atoms with Crippen molar-refractivity contribution in [1.82, 2.24) is 9.78 Å². The molecule has 1 unspecified atom stereocenters. The minimum absolute atomic E-state index is 0.306. The molecule has 18 heavy (non-hydrogen) atoms. The van der Waals surface area contributed by atoms with Crippen LogP contribution in [0.3, 0.4) is 0 Å². The molecule has 0 radical (unpaired) electrons. The van der Waals surface area contributed by atoms with E-state index in [2.05, 4.69) is 57.1 Å². The summed E-state index contributed by atoms with van der Waals surface area (Å²) in [4.78, 5) is 0.